The van der Waals surface area contributed by atoms with Crippen LogP contribution in [0, 0.1) is 5.41 Å². The summed E-state index contributed by atoms with van der Waals surface area (Å²) in [5.41, 5.74) is -0.0630. The van der Waals surface area contributed by atoms with Crippen molar-refractivity contribution in [2.75, 3.05) is 18.1 Å². The summed E-state index contributed by atoms with van der Waals surface area (Å²) in [4.78, 5) is 27.3. The number of carbonyl (C=O) groups is 2. The number of carbonyl (C=O) groups excluding carboxylic acids is 2. The van der Waals surface area contributed by atoms with E-state index in [1.165, 1.54) is 0 Å². The lowest BCUT2D eigenvalue weighted by atomic mass is 9.86. The summed E-state index contributed by atoms with van der Waals surface area (Å²) in [6, 6.07) is 6.02. The molecule has 5 heteroatoms. The summed E-state index contributed by atoms with van der Waals surface area (Å²) in [7, 11) is 0. The first-order valence-electron chi connectivity index (χ1n) is 10.9. The lowest BCUT2D eigenvalue weighted by Gasteiger charge is -2.40. The van der Waals surface area contributed by atoms with Gasteiger partial charge in [-0.2, -0.15) is 0 Å². The highest BCUT2D eigenvalue weighted by molar-refractivity contribution is 5.99. The normalized spacial score (nSPS) is 24.3. The Hall–Kier alpha value is -1.88. The number of benzene rings is 1. The number of ketones is 1. The van der Waals surface area contributed by atoms with Crippen molar-refractivity contribution in [2.45, 2.75) is 84.8 Å². The number of Topliss-reactive ketones (excluding diaryl/α,β-unsaturated/α-hetero) is 1. The number of hydrogen-bond acceptors (Lipinski definition) is 4. The number of rotatable bonds is 6. The van der Waals surface area contributed by atoms with Crippen LogP contribution in [-0.2, 0) is 19.9 Å². The van der Waals surface area contributed by atoms with Crippen molar-refractivity contribution in [2.24, 2.45) is 5.41 Å². The molecule has 29 heavy (non-hydrogen) atoms. The molecule has 1 aliphatic heterocycles. The largest absolute Gasteiger partial charge is 0.490 e. The van der Waals surface area contributed by atoms with E-state index in [9.17, 15) is 9.59 Å². The van der Waals surface area contributed by atoms with Crippen LogP contribution < -0.4 is 9.64 Å². The Morgan fingerprint density at radius 3 is 2.38 bits per heavy atom. The molecule has 0 N–H and O–H groups in total. The molecule has 1 aliphatic carbocycles. The first-order chi connectivity index (χ1) is 13.6. The number of amides is 1. The van der Waals surface area contributed by atoms with Gasteiger partial charge in [-0.05, 0) is 71.1 Å². The molecule has 0 aromatic heterocycles. The van der Waals surface area contributed by atoms with Crippen LogP contribution in [0.3, 0.4) is 0 Å². The van der Waals surface area contributed by atoms with Crippen LogP contribution in [0.5, 0.6) is 5.75 Å². The molecule has 1 aromatic carbocycles. The molecule has 1 fully saturated rings. The van der Waals surface area contributed by atoms with E-state index in [1.807, 2.05) is 45.9 Å². The third-order valence-electron chi connectivity index (χ3n) is 6.72. The zero-order valence-corrected chi connectivity index (χ0v) is 18.8. The predicted octanol–water partition coefficient (Wildman–Crippen LogP) is 5.00. The number of ether oxygens (including phenoxy) is 2. The highest BCUT2D eigenvalue weighted by atomic mass is 16.5. The van der Waals surface area contributed by atoms with Crippen molar-refractivity contribution in [3.05, 3.63) is 23.8 Å². The lowest BCUT2D eigenvalue weighted by molar-refractivity contribution is -0.171. The topological polar surface area (TPSA) is 55.8 Å². The molecule has 1 amide bonds. The van der Waals surface area contributed by atoms with Crippen LogP contribution in [0.1, 0.15) is 79.2 Å². The van der Waals surface area contributed by atoms with Gasteiger partial charge in [-0.25, -0.2) is 0 Å². The molecule has 160 valence electrons. The van der Waals surface area contributed by atoms with Gasteiger partial charge in [0.2, 0.25) is 5.91 Å². The molecule has 0 saturated heterocycles. The molecule has 0 radical (unpaired) electrons. The summed E-state index contributed by atoms with van der Waals surface area (Å²) in [5.74, 6) is 0.976. The molecule has 1 unspecified atom stereocenters. The molecule has 5 nitrogen and oxygen atoms in total. The molecule has 0 spiro atoms. The van der Waals surface area contributed by atoms with E-state index in [0.717, 1.165) is 36.9 Å². The quantitative estimate of drug-likeness (QED) is 0.673. The van der Waals surface area contributed by atoms with E-state index in [4.69, 9.17) is 9.47 Å². The SMILES string of the molecule is CCN1C(=O)C(C)(C)COc2cc(C(CC)(CC)OC3(C)CCCC3=O)ccc21. The Morgan fingerprint density at radius 1 is 1.14 bits per heavy atom. The summed E-state index contributed by atoms with van der Waals surface area (Å²) in [6.07, 6.45) is 3.76. The van der Waals surface area contributed by atoms with Crippen molar-refractivity contribution < 1.29 is 19.1 Å². The Morgan fingerprint density at radius 2 is 1.83 bits per heavy atom. The van der Waals surface area contributed by atoms with E-state index < -0.39 is 16.6 Å². The van der Waals surface area contributed by atoms with Crippen LogP contribution in [0.4, 0.5) is 5.69 Å². The lowest BCUT2D eigenvalue weighted by Crippen LogP contribution is -2.43. The molecule has 1 saturated carbocycles. The Kier molecular flexibility index (Phi) is 5.83. The van der Waals surface area contributed by atoms with Gasteiger partial charge in [0.1, 0.15) is 18.0 Å². The van der Waals surface area contributed by atoms with Gasteiger partial charge < -0.3 is 14.4 Å². The smallest absolute Gasteiger partial charge is 0.236 e. The van der Waals surface area contributed by atoms with Crippen molar-refractivity contribution in [3.8, 4) is 5.75 Å². The van der Waals surface area contributed by atoms with Crippen LogP contribution in [0.2, 0.25) is 0 Å². The summed E-state index contributed by atoms with van der Waals surface area (Å²) in [5, 5.41) is 0. The average molecular weight is 402 g/mol. The Balaban J connectivity index is 2.03. The molecule has 0 bridgehead atoms. The Bertz CT molecular complexity index is 796. The van der Waals surface area contributed by atoms with Gasteiger partial charge in [0.15, 0.2) is 5.78 Å². The van der Waals surface area contributed by atoms with E-state index in [0.29, 0.717) is 25.3 Å². The zero-order valence-electron chi connectivity index (χ0n) is 18.8. The average Bonchev–Trinajstić information content (AvgIpc) is 2.99. The van der Waals surface area contributed by atoms with Gasteiger partial charge in [0.05, 0.1) is 16.7 Å². The maximum atomic E-state index is 12.9. The van der Waals surface area contributed by atoms with E-state index in [-0.39, 0.29) is 11.7 Å². The second-order valence-electron chi connectivity index (χ2n) is 9.22. The molecule has 1 aromatic rings. The van der Waals surface area contributed by atoms with Gasteiger partial charge in [0.25, 0.3) is 0 Å². The molecule has 1 atom stereocenters. The van der Waals surface area contributed by atoms with Gasteiger partial charge in [0, 0.05) is 13.0 Å². The monoisotopic (exact) mass is 401 g/mol. The molecular formula is C24H35NO4. The zero-order chi connectivity index (χ0) is 21.4. The minimum absolute atomic E-state index is 0.0732. The maximum Gasteiger partial charge on any atom is 0.236 e. The second kappa shape index (κ2) is 7.75. The summed E-state index contributed by atoms with van der Waals surface area (Å²) < 4.78 is 12.8. The first kappa shape index (κ1) is 21.8. The number of hydrogen-bond donors (Lipinski definition) is 0. The summed E-state index contributed by atoms with van der Waals surface area (Å²) >= 11 is 0. The van der Waals surface area contributed by atoms with Gasteiger partial charge >= 0.3 is 0 Å². The minimum atomic E-state index is -0.729. The standard InChI is InChI=1S/C24H35NO4/c1-7-24(8-2,29-23(6)14-10-11-20(23)26)17-12-13-18-19(15-17)28-16-22(4,5)21(27)25(18)9-3/h12-13,15H,7-11,14,16H2,1-6H3. The van der Waals surface area contributed by atoms with Crippen molar-refractivity contribution in [3.63, 3.8) is 0 Å². The minimum Gasteiger partial charge on any atom is -0.490 e. The maximum absolute atomic E-state index is 12.9. The fourth-order valence-electron chi connectivity index (χ4n) is 4.64. The van der Waals surface area contributed by atoms with E-state index in [1.54, 1.807) is 4.90 Å². The van der Waals surface area contributed by atoms with Crippen LogP contribution in [-0.4, -0.2) is 30.4 Å². The highest BCUT2D eigenvalue weighted by Gasteiger charge is 2.46. The van der Waals surface area contributed by atoms with Gasteiger partial charge in [-0.1, -0.05) is 19.9 Å². The third kappa shape index (κ3) is 3.70. The fourth-order valence-corrected chi connectivity index (χ4v) is 4.64. The van der Waals surface area contributed by atoms with Crippen molar-refractivity contribution in [1.29, 1.82) is 0 Å². The Labute approximate surface area is 174 Å². The highest BCUT2D eigenvalue weighted by Crippen LogP contribution is 2.45. The molecule has 1 heterocycles. The molecule has 2 aliphatic rings. The van der Waals surface area contributed by atoms with Gasteiger partial charge in [-0.15, -0.1) is 0 Å². The molecule has 3 rings (SSSR count). The second-order valence-corrected chi connectivity index (χ2v) is 9.22. The van der Waals surface area contributed by atoms with Crippen LogP contribution >= 0.6 is 0 Å². The van der Waals surface area contributed by atoms with E-state index in [2.05, 4.69) is 13.8 Å². The number of anilines is 1. The first-order valence-corrected chi connectivity index (χ1v) is 10.9. The third-order valence-corrected chi connectivity index (χ3v) is 6.72. The van der Waals surface area contributed by atoms with Crippen LogP contribution in [0.25, 0.3) is 0 Å². The van der Waals surface area contributed by atoms with Crippen molar-refractivity contribution >= 4 is 17.4 Å². The summed E-state index contributed by atoms with van der Waals surface area (Å²) in [6.45, 7) is 12.9. The number of fused-ring (bicyclic) bond motifs is 1. The van der Waals surface area contributed by atoms with Gasteiger partial charge in [-0.3, -0.25) is 9.59 Å². The van der Waals surface area contributed by atoms with Crippen molar-refractivity contribution in [1.82, 2.24) is 0 Å². The molecular weight excluding hydrogens is 366 g/mol. The van der Waals surface area contributed by atoms with Crippen LogP contribution in [0.15, 0.2) is 18.2 Å². The predicted molar refractivity (Wildman–Crippen MR) is 114 cm³/mol. The fraction of sp³-hybridized carbons (Fsp3) is 0.667. The van der Waals surface area contributed by atoms with E-state index >= 15 is 0 Å². The number of nitrogens with zero attached hydrogens (tertiary/aromatic N) is 1.